The smallest absolute Gasteiger partial charge is 0.374 e. The van der Waals surface area contributed by atoms with Crippen molar-refractivity contribution in [2.45, 2.75) is 120 Å². The van der Waals surface area contributed by atoms with E-state index in [4.69, 9.17) is 12.6 Å². The number of nitrogens with one attached hydrogen (secondary N) is 3. The number of carbonyl (C=O) groups is 4. The SMILES string of the molecule is C[C@@H]1CN(CCCC2CCC(N3C(S)N(c4ccc(C#N)c(C(F)(F)F)c4)C(=O)C3(C)C)CC2)C[C@H](C)N1CC(=O)Nc1cccc(N[C@@H]2CCC(=O)NC2=O)c1.Cl. The van der Waals surface area contributed by atoms with Gasteiger partial charge in [0.05, 0.1) is 29.3 Å². The lowest BCUT2D eigenvalue weighted by molar-refractivity contribution is -0.138. The van der Waals surface area contributed by atoms with E-state index in [0.717, 1.165) is 70.3 Å². The maximum absolute atomic E-state index is 13.8. The summed E-state index contributed by atoms with van der Waals surface area (Å²) in [5.74, 6) is -0.514. The van der Waals surface area contributed by atoms with Crippen LogP contribution >= 0.6 is 25.0 Å². The molecule has 0 spiro atoms. The van der Waals surface area contributed by atoms with Crippen molar-refractivity contribution in [3.05, 3.63) is 53.6 Å². The zero-order chi connectivity index (χ0) is 41.2. The molecule has 316 valence electrons. The van der Waals surface area contributed by atoms with Gasteiger partial charge in [0.2, 0.25) is 23.6 Å². The molecule has 4 aliphatic rings. The first-order chi connectivity index (χ1) is 27.0. The Hall–Kier alpha value is -3.88. The van der Waals surface area contributed by atoms with E-state index in [1.54, 1.807) is 32.0 Å². The highest BCUT2D eigenvalue weighted by molar-refractivity contribution is 7.81. The Morgan fingerprint density at radius 1 is 1.00 bits per heavy atom. The van der Waals surface area contributed by atoms with E-state index in [0.29, 0.717) is 23.7 Å². The second kappa shape index (κ2) is 18.6. The van der Waals surface area contributed by atoms with Gasteiger partial charge in [-0.25, -0.2) is 0 Å². The van der Waals surface area contributed by atoms with Crippen molar-refractivity contribution in [2.75, 3.05) is 41.7 Å². The number of piperidine rings is 1. The molecule has 4 fully saturated rings. The van der Waals surface area contributed by atoms with Crippen LogP contribution in [0.3, 0.4) is 0 Å². The maximum Gasteiger partial charge on any atom is 0.417 e. The van der Waals surface area contributed by atoms with E-state index in [9.17, 15) is 37.6 Å². The van der Waals surface area contributed by atoms with Crippen molar-refractivity contribution in [3.8, 4) is 6.07 Å². The number of alkyl halides is 3. The summed E-state index contributed by atoms with van der Waals surface area (Å²) >= 11 is 4.79. The molecule has 0 bridgehead atoms. The number of imide groups is 1. The van der Waals surface area contributed by atoms with Crippen molar-refractivity contribution < 1.29 is 32.3 Å². The Morgan fingerprint density at radius 2 is 1.67 bits per heavy atom. The number of nitrogens with zero attached hydrogens (tertiary/aromatic N) is 5. The van der Waals surface area contributed by atoms with Crippen molar-refractivity contribution in [1.82, 2.24) is 20.0 Å². The van der Waals surface area contributed by atoms with Crippen LogP contribution in [0.25, 0.3) is 0 Å². The number of rotatable bonds is 11. The first-order valence-corrected chi connectivity index (χ1v) is 20.4. The van der Waals surface area contributed by atoms with Crippen LogP contribution in [-0.2, 0) is 25.4 Å². The van der Waals surface area contributed by atoms with Crippen molar-refractivity contribution in [1.29, 1.82) is 5.26 Å². The molecule has 2 aromatic rings. The highest BCUT2D eigenvalue weighted by atomic mass is 35.5. The fourth-order valence-corrected chi connectivity index (χ4v) is 9.91. The van der Waals surface area contributed by atoms with Crippen LogP contribution in [-0.4, -0.2) is 99.7 Å². The largest absolute Gasteiger partial charge is 0.417 e. The second-order valence-electron chi connectivity index (χ2n) is 16.6. The molecule has 1 aliphatic carbocycles. The van der Waals surface area contributed by atoms with Gasteiger partial charge in [-0.05, 0) is 122 Å². The van der Waals surface area contributed by atoms with Crippen LogP contribution in [0.5, 0.6) is 0 Å². The van der Waals surface area contributed by atoms with Crippen LogP contribution in [0.2, 0.25) is 0 Å². The average Bonchev–Trinajstić information content (AvgIpc) is 3.32. The molecule has 0 aromatic heterocycles. The predicted molar refractivity (Wildman–Crippen MR) is 222 cm³/mol. The zero-order valence-corrected chi connectivity index (χ0v) is 35.1. The van der Waals surface area contributed by atoms with Crippen LogP contribution < -0.4 is 20.9 Å². The quantitative estimate of drug-likeness (QED) is 0.153. The van der Waals surface area contributed by atoms with Gasteiger partial charge in [0.15, 0.2) is 0 Å². The summed E-state index contributed by atoms with van der Waals surface area (Å²) in [7, 11) is 0. The predicted octanol–water partition coefficient (Wildman–Crippen LogP) is 6.23. The average molecular weight is 847 g/mol. The molecule has 3 heterocycles. The molecule has 1 unspecified atom stereocenters. The molecule has 2 aromatic carbocycles. The minimum Gasteiger partial charge on any atom is -0.374 e. The Kier molecular flexibility index (Phi) is 14.5. The number of nitriles is 1. The minimum absolute atomic E-state index is 0. The third-order valence-corrected chi connectivity index (χ3v) is 12.6. The third-order valence-electron chi connectivity index (χ3n) is 12.1. The molecule has 58 heavy (non-hydrogen) atoms. The number of halogens is 4. The molecule has 1 saturated carbocycles. The van der Waals surface area contributed by atoms with Crippen LogP contribution in [0.4, 0.5) is 30.2 Å². The van der Waals surface area contributed by atoms with Gasteiger partial charge in [-0.3, -0.25) is 39.2 Å². The monoisotopic (exact) mass is 846 g/mol. The zero-order valence-electron chi connectivity index (χ0n) is 33.3. The van der Waals surface area contributed by atoms with E-state index in [-0.39, 0.29) is 72.8 Å². The summed E-state index contributed by atoms with van der Waals surface area (Å²) in [5.41, 5.74) is -1.87. The molecule has 12 nitrogen and oxygen atoms in total. The molecule has 3 aliphatic heterocycles. The number of amides is 4. The number of thiol groups is 1. The molecule has 17 heteroatoms. The Bertz CT molecular complexity index is 1880. The summed E-state index contributed by atoms with van der Waals surface area (Å²) in [5, 5.41) is 17.7. The number of piperazine rings is 1. The number of anilines is 3. The van der Waals surface area contributed by atoms with E-state index < -0.39 is 34.4 Å². The molecule has 0 radical (unpaired) electrons. The Morgan fingerprint density at radius 3 is 2.31 bits per heavy atom. The minimum atomic E-state index is -4.73. The van der Waals surface area contributed by atoms with E-state index >= 15 is 0 Å². The molecular formula is C41H54ClF3N8O4S. The highest BCUT2D eigenvalue weighted by Gasteiger charge is 2.54. The third kappa shape index (κ3) is 10.1. The number of hydrogen-bond donors (Lipinski definition) is 4. The lowest BCUT2D eigenvalue weighted by Gasteiger charge is -2.44. The van der Waals surface area contributed by atoms with E-state index in [2.05, 4.69) is 39.6 Å². The van der Waals surface area contributed by atoms with Gasteiger partial charge in [-0.2, -0.15) is 18.4 Å². The topological polar surface area (TPSA) is 141 Å². The lowest BCUT2D eigenvalue weighted by Crippen LogP contribution is -2.58. The molecular weight excluding hydrogens is 793 g/mol. The molecule has 3 N–H and O–H groups in total. The molecule has 4 amide bonds. The first-order valence-electron chi connectivity index (χ1n) is 19.9. The van der Waals surface area contributed by atoms with Gasteiger partial charge in [-0.1, -0.05) is 6.07 Å². The summed E-state index contributed by atoms with van der Waals surface area (Å²) < 4.78 is 41.3. The first kappa shape index (κ1) is 45.2. The number of benzene rings is 2. The highest BCUT2D eigenvalue weighted by Crippen LogP contribution is 2.44. The van der Waals surface area contributed by atoms with Crippen LogP contribution in [0, 0.1) is 17.2 Å². The number of carbonyl (C=O) groups excluding carboxylic acids is 4. The van der Waals surface area contributed by atoms with Crippen LogP contribution in [0.15, 0.2) is 42.5 Å². The van der Waals surface area contributed by atoms with E-state index in [1.807, 2.05) is 17.0 Å². The summed E-state index contributed by atoms with van der Waals surface area (Å²) in [6, 6.07) is 12.1. The standard InChI is InChI=1S/C41H53F3N8O4S.ClH/c1-25-22-49(23-26(2)50(25)24-36(54)47-30-9-5-8-29(19-30)46-34-16-17-35(53)48-37(34)55)18-6-7-27-10-13-31(14-11-27)52-39(57)51(38(56)40(52,3)4)32-15-12-28(21-45)33(20-32)41(42,43)44;/h5,8-9,12,15,19-20,25-27,31,34,39,46,57H,6-7,10-11,13-14,16-18,22-24H2,1-4H3,(H,47,54)(H,48,53,55);1H/t25-,26+,27?,31?,34-,39?;/m1./s1. The van der Waals surface area contributed by atoms with Gasteiger partial charge in [-0.15, -0.1) is 25.0 Å². The second-order valence-corrected chi connectivity index (χ2v) is 17.0. The fraction of sp³-hybridized carbons (Fsp3) is 0.585. The molecule has 4 atom stereocenters. The van der Waals surface area contributed by atoms with Gasteiger partial charge in [0.25, 0.3) is 0 Å². The van der Waals surface area contributed by atoms with Crippen molar-refractivity contribution in [3.63, 3.8) is 0 Å². The van der Waals surface area contributed by atoms with Gasteiger partial charge in [0.1, 0.15) is 11.5 Å². The Labute approximate surface area is 350 Å². The van der Waals surface area contributed by atoms with Crippen molar-refractivity contribution in [2.24, 2.45) is 5.92 Å². The van der Waals surface area contributed by atoms with Gasteiger partial charge in [0, 0.05) is 54.7 Å². The van der Waals surface area contributed by atoms with Gasteiger partial charge < -0.3 is 15.5 Å². The summed E-state index contributed by atoms with van der Waals surface area (Å²) in [4.78, 5) is 58.6. The summed E-state index contributed by atoms with van der Waals surface area (Å²) in [6.07, 6.45) is 1.80. The fourth-order valence-electron chi connectivity index (χ4n) is 9.19. The Balaban J connectivity index is 0.00000641. The maximum atomic E-state index is 13.8. The number of hydrogen-bond acceptors (Lipinski definition) is 10. The normalized spacial score (nSPS) is 27.1. The van der Waals surface area contributed by atoms with Crippen molar-refractivity contribution >= 4 is 65.7 Å². The van der Waals surface area contributed by atoms with E-state index in [1.165, 1.54) is 11.0 Å². The lowest BCUT2D eigenvalue weighted by atomic mass is 9.81. The molecule has 3 saturated heterocycles. The van der Waals surface area contributed by atoms with Gasteiger partial charge >= 0.3 is 6.18 Å². The van der Waals surface area contributed by atoms with Crippen LogP contribution in [0.1, 0.15) is 90.2 Å². The summed E-state index contributed by atoms with van der Waals surface area (Å²) in [6.45, 7) is 10.9. The molecule has 6 rings (SSSR count).